The molecule has 0 atom stereocenters. The van der Waals surface area contributed by atoms with Gasteiger partial charge < -0.3 is 4.74 Å². The molecule has 0 saturated heterocycles. The minimum atomic E-state index is 0.576. The van der Waals surface area contributed by atoms with E-state index in [1.807, 2.05) is 36.4 Å². The largest absolute Gasteiger partial charge is 0.488 e. The van der Waals surface area contributed by atoms with Crippen LogP contribution in [-0.2, 0) is 6.61 Å². The number of hydrogen-bond donors (Lipinski definition) is 0. The van der Waals surface area contributed by atoms with Crippen molar-refractivity contribution in [3.8, 4) is 73.3 Å². The maximum Gasteiger partial charge on any atom is 0.164 e. The van der Waals surface area contributed by atoms with Crippen LogP contribution in [0, 0.1) is 0 Å². The molecule has 9 rings (SSSR count). The summed E-state index contributed by atoms with van der Waals surface area (Å²) in [5, 5.41) is 2.20. The van der Waals surface area contributed by atoms with Crippen molar-refractivity contribution in [2.24, 2.45) is 0 Å². The number of hydrogen-bond acceptors (Lipinski definition) is 4. The first-order chi connectivity index (χ1) is 23.8. The Morgan fingerprint density at radius 2 is 0.875 bits per heavy atom. The summed E-state index contributed by atoms with van der Waals surface area (Å²) in [7, 11) is 0. The van der Waals surface area contributed by atoms with E-state index in [2.05, 4.69) is 127 Å². The van der Waals surface area contributed by atoms with E-state index in [0.29, 0.717) is 24.1 Å². The van der Waals surface area contributed by atoms with E-state index in [1.165, 1.54) is 16.7 Å². The van der Waals surface area contributed by atoms with E-state index in [-0.39, 0.29) is 0 Å². The molecular weight excluding hydrogens is 587 g/mol. The van der Waals surface area contributed by atoms with Gasteiger partial charge in [0, 0.05) is 22.3 Å². The van der Waals surface area contributed by atoms with Crippen molar-refractivity contribution in [3.63, 3.8) is 0 Å². The summed E-state index contributed by atoms with van der Waals surface area (Å²) in [6, 6.07) is 56.7. The molecule has 0 N–H and O–H groups in total. The highest BCUT2D eigenvalue weighted by molar-refractivity contribution is 6.07. The highest BCUT2D eigenvalue weighted by atomic mass is 16.5. The highest BCUT2D eigenvalue weighted by Gasteiger charge is 2.23. The Hall–Kier alpha value is -6.39. The fraction of sp³-hybridized carbons (Fsp3) is 0.0227. The van der Waals surface area contributed by atoms with Crippen molar-refractivity contribution >= 4 is 10.8 Å². The second kappa shape index (κ2) is 11.8. The summed E-state index contributed by atoms with van der Waals surface area (Å²) in [4.78, 5) is 15.2. The summed E-state index contributed by atoms with van der Waals surface area (Å²) >= 11 is 0. The van der Waals surface area contributed by atoms with Gasteiger partial charge in [-0.15, -0.1) is 0 Å². The van der Waals surface area contributed by atoms with Gasteiger partial charge in [-0.05, 0) is 56.3 Å². The second-order valence-electron chi connectivity index (χ2n) is 11.9. The number of aromatic nitrogens is 3. The van der Waals surface area contributed by atoms with Crippen LogP contribution in [0.15, 0.2) is 164 Å². The van der Waals surface area contributed by atoms with Crippen molar-refractivity contribution in [2.75, 3.05) is 0 Å². The quantitative estimate of drug-likeness (QED) is 0.193. The summed E-state index contributed by atoms with van der Waals surface area (Å²) in [5.74, 6) is 2.82. The maximum atomic E-state index is 6.23. The Morgan fingerprint density at radius 1 is 0.354 bits per heavy atom. The van der Waals surface area contributed by atoms with Gasteiger partial charge in [0.2, 0.25) is 0 Å². The van der Waals surface area contributed by atoms with Gasteiger partial charge in [-0.25, -0.2) is 15.0 Å². The van der Waals surface area contributed by atoms with Crippen LogP contribution >= 0.6 is 0 Å². The van der Waals surface area contributed by atoms with Gasteiger partial charge in [0.05, 0.1) is 0 Å². The van der Waals surface area contributed by atoms with Gasteiger partial charge in [-0.3, -0.25) is 0 Å². The van der Waals surface area contributed by atoms with Crippen molar-refractivity contribution in [1.82, 2.24) is 15.0 Å². The number of rotatable bonds is 5. The molecule has 0 unspecified atom stereocenters. The Kier molecular flexibility index (Phi) is 6.83. The summed E-state index contributed by atoms with van der Waals surface area (Å²) in [6.45, 7) is 0.576. The van der Waals surface area contributed by atoms with E-state index in [4.69, 9.17) is 19.7 Å². The van der Waals surface area contributed by atoms with Crippen LogP contribution in [0.5, 0.6) is 5.75 Å². The molecule has 226 valence electrons. The van der Waals surface area contributed by atoms with Gasteiger partial charge in [0.1, 0.15) is 12.4 Å². The van der Waals surface area contributed by atoms with Gasteiger partial charge >= 0.3 is 0 Å². The molecule has 2 heterocycles. The molecule has 1 aromatic heterocycles. The van der Waals surface area contributed by atoms with Crippen LogP contribution in [0.4, 0.5) is 0 Å². The Bertz CT molecular complexity index is 2440. The zero-order valence-corrected chi connectivity index (χ0v) is 26.0. The zero-order chi connectivity index (χ0) is 31.9. The minimum absolute atomic E-state index is 0.576. The van der Waals surface area contributed by atoms with Gasteiger partial charge in [-0.1, -0.05) is 152 Å². The van der Waals surface area contributed by atoms with Crippen LogP contribution in [0.3, 0.4) is 0 Å². The molecule has 0 amide bonds. The topological polar surface area (TPSA) is 47.9 Å². The number of nitrogens with zero attached hydrogens (tertiary/aromatic N) is 3. The third kappa shape index (κ3) is 4.91. The average molecular weight is 616 g/mol. The lowest BCUT2D eigenvalue weighted by Gasteiger charge is -2.24. The molecule has 7 aromatic carbocycles. The number of fused-ring (bicyclic) bond motifs is 4. The molecule has 4 nitrogen and oxygen atoms in total. The summed E-state index contributed by atoms with van der Waals surface area (Å²) in [6.07, 6.45) is 0. The highest BCUT2D eigenvalue weighted by Crippen LogP contribution is 2.46. The fourth-order valence-corrected chi connectivity index (χ4v) is 6.71. The van der Waals surface area contributed by atoms with E-state index < -0.39 is 0 Å². The molecule has 0 bridgehead atoms. The van der Waals surface area contributed by atoms with E-state index in [0.717, 1.165) is 55.5 Å². The van der Waals surface area contributed by atoms with Crippen molar-refractivity contribution < 1.29 is 4.74 Å². The minimum Gasteiger partial charge on any atom is -0.488 e. The molecule has 1 aliphatic rings. The molecule has 1 aliphatic heterocycles. The molecule has 0 aliphatic carbocycles. The van der Waals surface area contributed by atoms with Gasteiger partial charge in [0.25, 0.3) is 0 Å². The van der Waals surface area contributed by atoms with Crippen LogP contribution in [-0.4, -0.2) is 15.0 Å². The van der Waals surface area contributed by atoms with E-state index >= 15 is 0 Å². The first-order valence-electron chi connectivity index (χ1n) is 16.1. The van der Waals surface area contributed by atoms with Crippen LogP contribution in [0.1, 0.15) is 5.56 Å². The van der Waals surface area contributed by atoms with Crippen LogP contribution in [0.2, 0.25) is 0 Å². The molecule has 0 spiro atoms. The van der Waals surface area contributed by atoms with E-state index in [9.17, 15) is 0 Å². The number of ether oxygens (including phenoxy) is 1. The Labute approximate surface area is 279 Å². The SMILES string of the molecule is c1ccc(-c2ccc(-c3nc(-c4ccccc4)nc(-c4ccc(-c5cccc6c5-c5ccccc5CO6)c5ccccc45)n3)cc2)cc1. The lowest BCUT2D eigenvalue weighted by atomic mass is 9.87. The summed E-state index contributed by atoms with van der Waals surface area (Å²) < 4.78 is 6.23. The third-order valence-electron chi connectivity index (χ3n) is 9.07. The maximum absolute atomic E-state index is 6.23. The zero-order valence-electron chi connectivity index (χ0n) is 26.0. The monoisotopic (exact) mass is 615 g/mol. The first-order valence-corrected chi connectivity index (χ1v) is 16.1. The smallest absolute Gasteiger partial charge is 0.164 e. The predicted molar refractivity (Wildman–Crippen MR) is 194 cm³/mol. The number of benzene rings is 7. The molecular formula is C44H29N3O. The normalized spacial score (nSPS) is 11.8. The standard InChI is InChI=1S/C44H29N3O/c1-3-12-29(13-4-1)30-22-24-32(25-23-30)43-45-42(31-14-5-2-6-15-31)46-44(47-43)39-27-26-37(35-18-9-10-19-36(35)39)38-20-11-21-40-41(38)34-17-8-7-16-33(34)28-48-40/h1-27H,28H2. The molecule has 48 heavy (non-hydrogen) atoms. The molecule has 0 radical (unpaired) electrons. The molecule has 0 fully saturated rings. The first kappa shape index (κ1) is 27.9. The Balaban J connectivity index is 1.21. The van der Waals surface area contributed by atoms with Crippen molar-refractivity contribution in [1.29, 1.82) is 0 Å². The Morgan fingerprint density at radius 3 is 1.62 bits per heavy atom. The summed E-state index contributed by atoms with van der Waals surface area (Å²) in [5.41, 5.74) is 11.0. The average Bonchev–Trinajstić information content (AvgIpc) is 3.18. The van der Waals surface area contributed by atoms with Crippen LogP contribution < -0.4 is 4.74 Å². The second-order valence-corrected chi connectivity index (χ2v) is 11.9. The molecule has 0 saturated carbocycles. The van der Waals surface area contributed by atoms with Crippen LogP contribution in [0.25, 0.3) is 78.3 Å². The lowest BCUT2D eigenvalue weighted by Crippen LogP contribution is -2.06. The van der Waals surface area contributed by atoms with Gasteiger partial charge in [-0.2, -0.15) is 0 Å². The fourth-order valence-electron chi connectivity index (χ4n) is 6.71. The van der Waals surface area contributed by atoms with Crippen molar-refractivity contribution in [3.05, 3.63) is 169 Å². The predicted octanol–water partition coefficient (Wildman–Crippen LogP) is 10.9. The lowest BCUT2D eigenvalue weighted by molar-refractivity contribution is 0.302. The third-order valence-corrected chi connectivity index (χ3v) is 9.07. The molecule has 4 heteroatoms. The van der Waals surface area contributed by atoms with E-state index in [1.54, 1.807) is 0 Å². The molecule has 8 aromatic rings. The van der Waals surface area contributed by atoms with Crippen molar-refractivity contribution in [2.45, 2.75) is 6.61 Å². The van der Waals surface area contributed by atoms with Gasteiger partial charge in [0.15, 0.2) is 17.5 Å².